The number of nitrogens with one attached hydrogen (secondary N) is 1. The van der Waals surface area contributed by atoms with Crippen molar-refractivity contribution in [2.45, 2.75) is 26.7 Å². The van der Waals surface area contributed by atoms with Crippen LogP contribution in [-0.4, -0.2) is 24.7 Å². The van der Waals surface area contributed by atoms with Crippen LogP contribution >= 0.6 is 0 Å². The molecule has 3 rings (SSSR count). The van der Waals surface area contributed by atoms with Crippen molar-refractivity contribution in [3.05, 3.63) is 95.1 Å². The van der Waals surface area contributed by atoms with Crippen LogP contribution in [-0.2, 0) is 4.79 Å². The minimum absolute atomic E-state index is 0.130. The summed E-state index contributed by atoms with van der Waals surface area (Å²) in [6, 6.07) is 21.6. The summed E-state index contributed by atoms with van der Waals surface area (Å²) in [5.41, 5.74) is 5.80. The Kier molecular flexibility index (Phi) is 7.75. The minimum Gasteiger partial charge on any atom is -0.483 e. The van der Waals surface area contributed by atoms with Crippen LogP contribution in [0.4, 0.5) is 0 Å². The molecule has 1 amide bonds. The Morgan fingerprint density at radius 1 is 1.00 bits per heavy atom. The van der Waals surface area contributed by atoms with E-state index in [2.05, 4.69) is 24.4 Å². The second-order valence-electron chi connectivity index (χ2n) is 7.60. The Labute approximate surface area is 187 Å². The Morgan fingerprint density at radius 2 is 1.72 bits per heavy atom. The van der Waals surface area contributed by atoms with Gasteiger partial charge in [-0.1, -0.05) is 44.2 Å². The van der Waals surface area contributed by atoms with Gasteiger partial charge in [-0.25, -0.2) is 10.2 Å². The lowest BCUT2D eigenvalue weighted by Gasteiger charge is -2.14. The molecule has 1 N–H and O–H groups in total. The summed E-state index contributed by atoms with van der Waals surface area (Å²) in [5.74, 6) is 0.647. The van der Waals surface area contributed by atoms with Crippen molar-refractivity contribution in [2.75, 3.05) is 6.61 Å². The predicted molar refractivity (Wildman–Crippen MR) is 124 cm³/mol. The molecule has 164 valence electrons. The highest BCUT2D eigenvalue weighted by atomic mass is 16.5. The topological polar surface area (TPSA) is 77.0 Å². The number of esters is 1. The van der Waals surface area contributed by atoms with Crippen molar-refractivity contribution in [2.24, 2.45) is 5.10 Å². The van der Waals surface area contributed by atoms with E-state index in [0.717, 1.165) is 16.7 Å². The summed E-state index contributed by atoms with van der Waals surface area (Å²) in [6.45, 7) is 6.01. The van der Waals surface area contributed by atoms with Crippen molar-refractivity contribution in [1.29, 1.82) is 0 Å². The molecule has 6 nitrogen and oxygen atoms in total. The van der Waals surface area contributed by atoms with E-state index < -0.39 is 5.97 Å². The zero-order valence-electron chi connectivity index (χ0n) is 18.4. The van der Waals surface area contributed by atoms with Crippen molar-refractivity contribution < 1.29 is 19.1 Å². The fourth-order valence-corrected chi connectivity index (χ4v) is 2.96. The lowest BCUT2D eigenvalue weighted by atomic mass is 10.0. The molecule has 32 heavy (non-hydrogen) atoms. The molecular weight excluding hydrogens is 404 g/mol. The molecule has 0 aliphatic rings. The van der Waals surface area contributed by atoms with Crippen LogP contribution in [0.2, 0.25) is 0 Å². The molecule has 0 fully saturated rings. The third kappa shape index (κ3) is 6.54. The van der Waals surface area contributed by atoms with Crippen LogP contribution in [0.25, 0.3) is 0 Å². The first-order valence-electron chi connectivity index (χ1n) is 10.3. The summed E-state index contributed by atoms with van der Waals surface area (Å²) in [7, 11) is 0. The fourth-order valence-electron chi connectivity index (χ4n) is 2.96. The molecule has 0 saturated carbocycles. The molecule has 0 bridgehead atoms. The summed E-state index contributed by atoms with van der Waals surface area (Å²) < 4.78 is 11.0. The Hall–Kier alpha value is -3.93. The maximum absolute atomic E-state index is 12.1. The third-order valence-corrected chi connectivity index (χ3v) is 4.65. The number of amides is 1. The molecule has 0 aromatic heterocycles. The quantitative estimate of drug-likeness (QED) is 0.239. The number of carbonyl (C=O) groups is 2. The van der Waals surface area contributed by atoms with Crippen LogP contribution in [0, 0.1) is 6.92 Å². The van der Waals surface area contributed by atoms with Crippen molar-refractivity contribution in [1.82, 2.24) is 5.43 Å². The Bertz CT molecular complexity index is 1090. The molecule has 6 heteroatoms. The van der Waals surface area contributed by atoms with Gasteiger partial charge in [-0.05, 0) is 72.0 Å². The smallest absolute Gasteiger partial charge is 0.343 e. The van der Waals surface area contributed by atoms with E-state index in [1.54, 1.807) is 48.5 Å². The van der Waals surface area contributed by atoms with Crippen molar-refractivity contribution in [3.63, 3.8) is 0 Å². The lowest BCUT2D eigenvalue weighted by molar-refractivity contribution is -0.123. The standard InChI is InChI=1S/C26H26N2O4/c1-18(2)23-14-9-19(3)15-24(23)31-17-25(29)28-27-16-20-10-12-22(13-11-20)32-26(30)21-7-5-4-6-8-21/h4-16,18H,17H2,1-3H3,(H,28,29)/b27-16-. The summed E-state index contributed by atoms with van der Waals surface area (Å²) in [6.07, 6.45) is 1.51. The van der Waals surface area contributed by atoms with E-state index in [-0.39, 0.29) is 12.5 Å². The van der Waals surface area contributed by atoms with E-state index in [0.29, 0.717) is 23.0 Å². The summed E-state index contributed by atoms with van der Waals surface area (Å²) >= 11 is 0. The Morgan fingerprint density at radius 3 is 2.41 bits per heavy atom. The highest BCUT2D eigenvalue weighted by Crippen LogP contribution is 2.27. The lowest BCUT2D eigenvalue weighted by Crippen LogP contribution is -2.25. The number of aryl methyl sites for hydroxylation is 1. The highest BCUT2D eigenvalue weighted by Gasteiger charge is 2.10. The third-order valence-electron chi connectivity index (χ3n) is 4.65. The van der Waals surface area contributed by atoms with Gasteiger partial charge in [-0.2, -0.15) is 5.10 Å². The van der Waals surface area contributed by atoms with Gasteiger partial charge in [-0.15, -0.1) is 0 Å². The largest absolute Gasteiger partial charge is 0.483 e. The van der Waals surface area contributed by atoms with Crippen LogP contribution in [0.3, 0.4) is 0 Å². The molecular formula is C26H26N2O4. The number of hydrazone groups is 1. The number of hydrogen-bond acceptors (Lipinski definition) is 5. The summed E-state index contributed by atoms with van der Waals surface area (Å²) in [5, 5.41) is 3.95. The van der Waals surface area contributed by atoms with Gasteiger partial charge in [0.05, 0.1) is 11.8 Å². The van der Waals surface area contributed by atoms with Gasteiger partial charge in [0.25, 0.3) is 5.91 Å². The molecule has 0 unspecified atom stereocenters. The van der Waals surface area contributed by atoms with Crippen LogP contribution in [0.5, 0.6) is 11.5 Å². The molecule has 0 aliphatic heterocycles. The van der Waals surface area contributed by atoms with E-state index in [4.69, 9.17) is 9.47 Å². The molecule has 0 radical (unpaired) electrons. The maximum atomic E-state index is 12.1. The van der Waals surface area contributed by atoms with Crippen molar-refractivity contribution >= 4 is 18.1 Å². The van der Waals surface area contributed by atoms with Crippen molar-refractivity contribution in [3.8, 4) is 11.5 Å². The first-order valence-corrected chi connectivity index (χ1v) is 10.3. The maximum Gasteiger partial charge on any atom is 0.343 e. The van der Waals surface area contributed by atoms with Gasteiger partial charge < -0.3 is 9.47 Å². The van der Waals surface area contributed by atoms with E-state index in [9.17, 15) is 9.59 Å². The number of hydrogen-bond donors (Lipinski definition) is 1. The number of benzene rings is 3. The predicted octanol–water partition coefficient (Wildman–Crippen LogP) is 4.87. The molecule has 0 aliphatic carbocycles. The molecule has 0 spiro atoms. The second-order valence-corrected chi connectivity index (χ2v) is 7.60. The van der Waals surface area contributed by atoms with Gasteiger partial charge in [0.15, 0.2) is 6.61 Å². The molecule has 0 atom stereocenters. The average molecular weight is 431 g/mol. The first kappa shape index (κ1) is 22.7. The van der Waals surface area contributed by atoms with Crippen LogP contribution in [0.15, 0.2) is 77.9 Å². The summed E-state index contributed by atoms with van der Waals surface area (Å²) in [4.78, 5) is 24.2. The molecule has 3 aromatic rings. The highest BCUT2D eigenvalue weighted by molar-refractivity contribution is 5.91. The zero-order chi connectivity index (χ0) is 22.9. The van der Waals surface area contributed by atoms with E-state index >= 15 is 0 Å². The number of nitrogens with zero attached hydrogens (tertiary/aromatic N) is 1. The van der Waals surface area contributed by atoms with Gasteiger partial charge in [0.2, 0.25) is 0 Å². The molecule has 3 aromatic carbocycles. The van der Waals surface area contributed by atoms with E-state index in [1.165, 1.54) is 6.21 Å². The molecule has 0 heterocycles. The number of ether oxygens (including phenoxy) is 2. The normalized spacial score (nSPS) is 10.9. The Balaban J connectivity index is 1.49. The van der Waals surface area contributed by atoms with Crippen LogP contribution in [0.1, 0.15) is 46.8 Å². The van der Waals surface area contributed by atoms with Gasteiger partial charge >= 0.3 is 5.97 Å². The monoisotopic (exact) mass is 430 g/mol. The average Bonchev–Trinajstić information content (AvgIpc) is 2.79. The van der Waals surface area contributed by atoms with Gasteiger partial charge in [-0.3, -0.25) is 4.79 Å². The minimum atomic E-state index is -0.423. The first-order chi connectivity index (χ1) is 15.4. The number of rotatable bonds is 8. The van der Waals surface area contributed by atoms with Gasteiger partial charge in [0.1, 0.15) is 11.5 Å². The van der Waals surface area contributed by atoms with E-state index in [1.807, 2.05) is 31.2 Å². The van der Waals surface area contributed by atoms with Crippen LogP contribution < -0.4 is 14.9 Å². The SMILES string of the molecule is Cc1ccc(C(C)C)c(OCC(=O)N/N=C\c2ccc(OC(=O)c3ccccc3)cc2)c1. The fraction of sp³-hybridized carbons (Fsp3) is 0.192. The van der Waals surface area contributed by atoms with Gasteiger partial charge in [0, 0.05) is 0 Å². The molecule has 0 saturated heterocycles. The number of carbonyl (C=O) groups excluding carboxylic acids is 2. The second kappa shape index (κ2) is 10.9. The zero-order valence-corrected chi connectivity index (χ0v) is 18.4.